The molecule has 0 saturated carbocycles. The molecular formula is C14H11BrN4O2. The van der Waals surface area contributed by atoms with Crippen molar-refractivity contribution in [2.24, 2.45) is 0 Å². The number of rotatable bonds is 2. The van der Waals surface area contributed by atoms with Crippen molar-refractivity contribution in [1.29, 1.82) is 0 Å². The van der Waals surface area contributed by atoms with Crippen LogP contribution in [0.15, 0.2) is 35.2 Å². The zero-order valence-electron chi connectivity index (χ0n) is 11.4. The van der Waals surface area contributed by atoms with Gasteiger partial charge >= 0.3 is 5.97 Å². The van der Waals surface area contributed by atoms with Gasteiger partial charge in [0.25, 0.3) is 0 Å². The summed E-state index contributed by atoms with van der Waals surface area (Å²) in [6.07, 6.45) is 3.29. The number of carbonyl (C=O) groups is 1. The number of carbonyl (C=O) groups excluding carboxylic acids is 1. The number of hydrogen-bond acceptors (Lipinski definition) is 5. The number of imidazole rings is 1. The first kappa shape index (κ1) is 13.7. The van der Waals surface area contributed by atoms with Crippen LogP contribution in [0.5, 0.6) is 0 Å². The third-order valence-corrected chi connectivity index (χ3v) is 3.49. The average Bonchev–Trinajstić information content (AvgIpc) is 2.82. The van der Waals surface area contributed by atoms with Crippen LogP contribution in [0.4, 0.5) is 0 Å². The Labute approximate surface area is 128 Å². The monoisotopic (exact) mass is 346 g/mol. The van der Waals surface area contributed by atoms with E-state index in [2.05, 4.69) is 30.9 Å². The smallest absolute Gasteiger partial charge is 0.337 e. The van der Waals surface area contributed by atoms with E-state index in [1.54, 1.807) is 24.5 Å². The molecule has 3 rings (SSSR count). The lowest BCUT2D eigenvalue weighted by atomic mass is 10.2. The standard InChI is InChI=1S/C14H11BrN4O2/c1-8-18-10-5-9(14(20)21-2)3-4-11(10)19(8)13-7-16-12(15)6-17-13/h3-7H,1-2H3. The van der Waals surface area contributed by atoms with E-state index in [0.717, 1.165) is 11.3 Å². The summed E-state index contributed by atoms with van der Waals surface area (Å²) in [5, 5.41) is 0. The highest BCUT2D eigenvalue weighted by molar-refractivity contribution is 9.10. The van der Waals surface area contributed by atoms with Crippen molar-refractivity contribution in [3.63, 3.8) is 0 Å². The second-order valence-electron chi connectivity index (χ2n) is 4.39. The van der Waals surface area contributed by atoms with Gasteiger partial charge in [0.05, 0.1) is 36.1 Å². The molecule has 106 valence electrons. The summed E-state index contributed by atoms with van der Waals surface area (Å²) in [5.74, 6) is 1.06. The number of methoxy groups -OCH3 is 1. The second kappa shape index (κ2) is 5.25. The highest BCUT2D eigenvalue weighted by atomic mass is 79.9. The molecule has 2 heterocycles. The Morgan fingerprint density at radius 2 is 2.10 bits per heavy atom. The van der Waals surface area contributed by atoms with Gasteiger partial charge in [0.2, 0.25) is 0 Å². The molecular weight excluding hydrogens is 336 g/mol. The van der Waals surface area contributed by atoms with Crippen LogP contribution >= 0.6 is 15.9 Å². The largest absolute Gasteiger partial charge is 0.465 e. The first-order valence-corrected chi connectivity index (χ1v) is 6.95. The van der Waals surface area contributed by atoms with Crippen molar-refractivity contribution < 1.29 is 9.53 Å². The van der Waals surface area contributed by atoms with Crippen molar-refractivity contribution in [2.75, 3.05) is 7.11 Å². The van der Waals surface area contributed by atoms with Gasteiger partial charge in [-0.1, -0.05) is 0 Å². The van der Waals surface area contributed by atoms with E-state index >= 15 is 0 Å². The van der Waals surface area contributed by atoms with Crippen LogP contribution in [0.1, 0.15) is 16.2 Å². The molecule has 0 aliphatic carbocycles. The van der Waals surface area contributed by atoms with Gasteiger partial charge in [0.15, 0.2) is 5.82 Å². The van der Waals surface area contributed by atoms with Gasteiger partial charge in [-0.15, -0.1) is 0 Å². The minimum absolute atomic E-state index is 0.382. The van der Waals surface area contributed by atoms with Gasteiger partial charge in [-0.2, -0.15) is 0 Å². The molecule has 0 amide bonds. The fourth-order valence-corrected chi connectivity index (χ4v) is 2.36. The maximum Gasteiger partial charge on any atom is 0.337 e. The van der Waals surface area contributed by atoms with E-state index in [-0.39, 0.29) is 5.97 Å². The summed E-state index contributed by atoms with van der Waals surface area (Å²) >= 11 is 3.26. The zero-order chi connectivity index (χ0) is 15.0. The van der Waals surface area contributed by atoms with Crippen LogP contribution < -0.4 is 0 Å². The first-order valence-electron chi connectivity index (χ1n) is 6.15. The van der Waals surface area contributed by atoms with Crippen LogP contribution in [0.2, 0.25) is 0 Å². The van der Waals surface area contributed by atoms with Crippen LogP contribution in [0.3, 0.4) is 0 Å². The van der Waals surface area contributed by atoms with Crippen molar-refractivity contribution >= 4 is 32.9 Å². The predicted octanol–water partition coefficient (Wildman–Crippen LogP) is 2.67. The zero-order valence-corrected chi connectivity index (χ0v) is 13.0. The van der Waals surface area contributed by atoms with Gasteiger partial charge in [-0.05, 0) is 41.1 Å². The lowest BCUT2D eigenvalue weighted by Gasteiger charge is -2.05. The van der Waals surface area contributed by atoms with Gasteiger partial charge in [0, 0.05) is 0 Å². The molecule has 1 aromatic carbocycles. The molecule has 6 nitrogen and oxygen atoms in total. The number of halogens is 1. The van der Waals surface area contributed by atoms with Gasteiger partial charge < -0.3 is 4.74 Å². The summed E-state index contributed by atoms with van der Waals surface area (Å²) in [4.78, 5) is 24.5. The molecule has 0 spiro atoms. The van der Waals surface area contributed by atoms with E-state index in [4.69, 9.17) is 4.74 Å². The van der Waals surface area contributed by atoms with Gasteiger partial charge in [0.1, 0.15) is 10.4 Å². The van der Waals surface area contributed by atoms with E-state index in [1.807, 2.05) is 17.6 Å². The third kappa shape index (κ3) is 2.40. The van der Waals surface area contributed by atoms with Crippen LogP contribution in [0, 0.1) is 6.92 Å². The van der Waals surface area contributed by atoms with Crippen LogP contribution in [-0.4, -0.2) is 32.6 Å². The van der Waals surface area contributed by atoms with Crippen molar-refractivity contribution in [2.45, 2.75) is 6.92 Å². The second-order valence-corrected chi connectivity index (χ2v) is 5.20. The lowest BCUT2D eigenvalue weighted by molar-refractivity contribution is 0.0601. The Morgan fingerprint density at radius 3 is 2.76 bits per heavy atom. The quantitative estimate of drug-likeness (QED) is 0.667. The first-order chi connectivity index (χ1) is 10.1. The molecule has 0 atom stereocenters. The Morgan fingerprint density at radius 1 is 1.29 bits per heavy atom. The van der Waals surface area contributed by atoms with Crippen molar-refractivity contribution in [1.82, 2.24) is 19.5 Å². The van der Waals surface area contributed by atoms with E-state index in [9.17, 15) is 4.79 Å². The molecule has 0 bridgehead atoms. The van der Waals surface area contributed by atoms with Crippen molar-refractivity contribution in [3.8, 4) is 5.82 Å². The summed E-state index contributed by atoms with van der Waals surface area (Å²) in [6, 6.07) is 5.24. The number of hydrogen-bond donors (Lipinski definition) is 0. The fraction of sp³-hybridized carbons (Fsp3) is 0.143. The molecule has 0 N–H and O–H groups in total. The molecule has 0 radical (unpaired) electrons. The normalized spacial score (nSPS) is 10.8. The maximum atomic E-state index is 11.6. The average molecular weight is 347 g/mol. The fourth-order valence-electron chi connectivity index (χ4n) is 2.16. The number of nitrogens with zero attached hydrogens (tertiary/aromatic N) is 4. The molecule has 7 heteroatoms. The number of esters is 1. The molecule has 0 saturated heterocycles. The minimum atomic E-state index is -0.382. The predicted molar refractivity (Wildman–Crippen MR) is 80.4 cm³/mol. The van der Waals surface area contributed by atoms with E-state index in [0.29, 0.717) is 21.5 Å². The SMILES string of the molecule is COC(=O)c1ccc2c(c1)nc(C)n2-c1cnc(Br)cn1. The number of benzene rings is 1. The van der Waals surface area contributed by atoms with Gasteiger partial charge in [-0.3, -0.25) is 4.57 Å². The number of fused-ring (bicyclic) bond motifs is 1. The summed E-state index contributed by atoms with van der Waals surface area (Å²) in [7, 11) is 1.35. The summed E-state index contributed by atoms with van der Waals surface area (Å²) < 4.78 is 7.27. The highest BCUT2D eigenvalue weighted by Gasteiger charge is 2.13. The lowest BCUT2D eigenvalue weighted by Crippen LogP contribution is -2.02. The van der Waals surface area contributed by atoms with E-state index in [1.165, 1.54) is 7.11 Å². The van der Waals surface area contributed by atoms with Crippen LogP contribution in [0.25, 0.3) is 16.9 Å². The van der Waals surface area contributed by atoms with Gasteiger partial charge in [-0.25, -0.2) is 19.7 Å². The molecule has 0 unspecified atom stereocenters. The summed E-state index contributed by atoms with van der Waals surface area (Å²) in [6.45, 7) is 1.88. The highest BCUT2D eigenvalue weighted by Crippen LogP contribution is 2.21. The number of aryl methyl sites for hydroxylation is 1. The minimum Gasteiger partial charge on any atom is -0.465 e. The molecule has 0 aliphatic heterocycles. The van der Waals surface area contributed by atoms with E-state index < -0.39 is 0 Å². The Bertz CT molecular complexity index is 827. The Hall–Kier alpha value is -2.28. The molecule has 3 aromatic rings. The maximum absolute atomic E-state index is 11.6. The topological polar surface area (TPSA) is 69.9 Å². The third-order valence-electron chi connectivity index (χ3n) is 3.08. The summed E-state index contributed by atoms with van der Waals surface area (Å²) in [5.41, 5.74) is 2.04. The van der Waals surface area contributed by atoms with Crippen LogP contribution in [-0.2, 0) is 4.74 Å². The molecule has 21 heavy (non-hydrogen) atoms. The Balaban J connectivity index is 2.18. The number of aromatic nitrogens is 4. The van der Waals surface area contributed by atoms with Crippen molar-refractivity contribution in [3.05, 3.63) is 46.6 Å². The number of ether oxygens (including phenoxy) is 1. The molecule has 0 fully saturated rings. The Kier molecular flexibility index (Phi) is 3.42. The molecule has 0 aliphatic rings. The molecule has 2 aromatic heterocycles.